The molecule has 10 rings (SSSR count). The molecule has 64 heavy (non-hydrogen) atoms. The van der Waals surface area contributed by atoms with Crippen molar-refractivity contribution < 1.29 is 4.42 Å². The number of nitrogens with zero attached hydrogens (tertiary/aromatic N) is 2. The van der Waals surface area contributed by atoms with Gasteiger partial charge in [0, 0.05) is 42.9 Å². The summed E-state index contributed by atoms with van der Waals surface area (Å²) in [4.78, 5) is 5.34. The zero-order valence-corrected chi connectivity index (χ0v) is 41.5. The maximum Gasteiger partial charge on any atom is 0.264 e. The molecule has 0 atom stereocenters. The van der Waals surface area contributed by atoms with E-state index in [0.29, 0.717) is 5.92 Å². The van der Waals surface area contributed by atoms with Crippen molar-refractivity contribution >= 4 is 88.9 Å². The van der Waals surface area contributed by atoms with E-state index >= 15 is 0 Å². The molecule has 2 aliphatic heterocycles. The second-order valence-corrected chi connectivity index (χ2v) is 23.4. The smallest absolute Gasteiger partial charge is 0.264 e. The molecule has 0 aliphatic carbocycles. The number of furan rings is 1. The minimum atomic E-state index is 0.00182. The zero-order valence-electron chi connectivity index (χ0n) is 40.7. The number of hydrogen-bond donors (Lipinski definition) is 0. The fourth-order valence-electron chi connectivity index (χ4n) is 10.5. The molecule has 5 heteroatoms. The summed E-state index contributed by atoms with van der Waals surface area (Å²) in [6, 6.07) is 39.8. The molecule has 0 radical (unpaired) electrons. The molecule has 0 amide bonds. The number of benzene rings is 6. The third-order valence-corrected chi connectivity index (χ3v) is 15.3. The van der Waals surface area contributed by atoms with Gasteiger partial charge in [0.2, 0.25) is 0 Å². The Labute approximate surface area is 386 Å². The maximum absolute atomic E-state index is 6.62. The number of fused-ring (bicyclic) bond motifs is 7. The molecule has 0 spiro atoms. The first-order chi connectivity index (χ1) is 30.1. The molecule has 6 aromatic carbocycles. The van der Waals surface area contributed by atoms with Gasteiger partial charge in [-0.3, -0.25) is 0 Å². The summed E-state index contributed by atoms with van der Waals surface area (Å²) >= 11 is 1.98. The van der Waals surface area contributed by atoms with E-state index < -0.39 is 0 Å². The van der Waals surface area contributed by atoms with Gasteiger partial charge in [0.05, 0.1) is 17.1 Å². The van der Waals surface area contributed by atoms with Crippen LogP contribution < -0.4 is 25.5 Å². The number of thiophene rings is 1. The highest BCUT2D eigenvalue weighted by Gasteiger charge is 2.47. The van der Waals surface area contributed by atoms with Crippen LogP contribution in [0.4, 0.5) is 34.1 Å². The first-order valence-corrected chi connectivity index (χ1v) is 24.1. The molecule has 2 aliphatic rings. The molecule has 0 saturated carbocycles. The fraction of sp³-hybridized carbons (Fsp3) is 0.322. The third kappa shape index (κ3) is 6.67. The average Bonchev–Trinajstić information content (AvgIpc) is 3.82. The number of rotatable bonds is 4. The average molecular weight is 859 g/mol. The van der Waals surface area contributed by atoms with Crippen LogP contribution in [-0.4, -0.2) is 6.71 Å². The predicted octanol–water partition coefficient (Wildman–Crippen LogP) is 15.6. The standard InChI is InChI=1S/C59H63BN2OS/c1-33(2)40-29-47-52-48(30-40)62(54-36(5)26-43(27-37(54)6)59(13,14)15)55-44-32-41(57(7,8)9)21-23-51(44)64-56(55)60(52)45-22-20-39(50-31-38-18-16-17-19-49(38)63-50)28-46(45)61(47)53-34(3)24-42(25-35(53)4)58(10,11)12/h16-33H,1-15H3. The van der Waals surface area contributed by atoms with Crippen LogP contribution in [0.15, 0.2) is 108 Å². The van der Waals surface area contributed by atoms with Crippen molar-refractivity contribution in [2.45, 2.75) is 126 Å². The molecule has 0 bridgehead atoms. The Kier molecular flexibility index (Phi) is 9.61. The lowest BCUT2D eigenvalue weighted by atomic mass is 9.36. The molecule has 4 heterocycles. The fourth-order valence-corrected chi connectivity index (χ4v) is 11.8. The van der Waals surface area contributed by atoms with Gasteiger partial charge in [0.25, 0.3) is 6.71 Å². The largest absolute Gasteiger partial charge is 0.456 e. The van der Waals surface area contributed by atoms with Gasteiger partial charge in [-0.15, -0.1) is 11.3 Å². The first kappa shape index (κ1) is 42.4. The highest BCUT2D eigenvalue weighted by molar-refractivity contribution is 7.33. The number of anilines is 6. The molecule has 2 aromatic heterocycles. The van der Waals surface area contributed by atoms with Gasteiger partial charge in [0.15, 0.2) is 0 Å². The van der Waals surface area contributed by atoms with Crippen LogP contribution in [0.2, 0.25) is 0 Å². The van der Waals surface area contributed by atoms with Gasteiger partial charge in [-0.1, -0.05) is 137 Å². The van der Waals surface area contributed by atoms with E-state index in [1.54, 1.807) is 0 Å². The molecular formula is C59H63BN2OS. The summed E-state index contributed by atoms with van der Waals surface area (Å²) in [6.45, 7) is 35.0. The lowest BCUT2D eigenvalue weighted by molar-refractivity contribution is 0.589. The molecule has 8 aromatic rings. The summed E-state index contributed by atoms with van der Waals surface area (Å²) < 4.78 is 9.35. The lowest BCUT2D eigenvalue weighted by Gasteiger charge is -2.45. The van der Waals surface area contributed by atoms with E-state index in [1.165, 1.54) is 104 Å². The van der Waals surface area contributed by atoms with Crippen molar-refractivity contribution in [1.29, 1.82) is 0 Å². The monoisotopic (exact) mass is 858 g/mol. The molecule has 0 N–H and O–H groups in total. The van der Waals surface area contributed by atoms with Gasteiger partial charge in [0.1, 0.15) is 11.3 Å². The topological polar surface area (TPSA) is 19.6 Å². The van der Waals surface area contributed by atoms with Gasteiger partial charge in [-0.05, 0) is 148 Å². The Morgan fingerprint density at radius 1 is 0.547 bits per heavy atom. The minimum absolute atomic E-state index is 0.00182. The van der Waals surface area contributed by atoms with E-state index in [0.717, 1.165) is 22.3 Å². The van der Waals surface area contributed by atoms with Crippen LogP contribution in [0.3, 0.4) is 0 Å². The van der Waals surface area contributed by atoms with Crippen molar-refractivity contribution in [1.82, 2.24) is 0 Å². The van der Waals surface area contributed by atoms with Crippen LogP contribution in [0.5, 0.6) is 0 Å². The highest BCUT2D eigenvalue weighted by atomic mass is 32.1. The van der Waals surface area contributed by atoms with Crippen LogP contribution in [-0.2, 0) is 16.2 Å². The van der Waals surface area contributed by atoms with Crippen LogP contribution in [0.1, 0.15) is 127 Å². The SMILES string of the molecule is Cc1cc(C(C)(C)C)cc(C)c1N1c2cc(-c3cc4ccccc4o3)ccc2B2c3sc4ccc(C(C)(C)C)cc4c3N(c3c(C)cc(C(C)(C)C)cc3C)c3cc(C(C)C)cc1c32. The van der Waals surface area contributed by atoms with Gasteiger partial charge < -0.3 is 14.2 Å². The van der Waals surface area contributed by atoms with Gasteiger partial charge in [-0.2, -0.15) is 0 Å². The Bertz CT molecular complexity index is 3130. The third-order valence-electron chi connectivity index (χ3n) is 14.1. The number of hydrogen-bond acceptors (Lipinski definition) is 4. The second kappa shape index (κ2) is 14.5. The summed E-state index contributed by atoms with van der Waals surface area (Å²) in [7, 11) is 0. The van der Waals surface area contributed by atoms with Crippen molar-refractivity contribution in [2.75, 3.05) is 9.80 Å². The van der Waals surface area contributed by atoms with Crippen LogP contribution in [0, 0.1) is 27.7 Å². The van der Waals surface area contributed by atoms with Crippen molar-refractivity contribution in [3.63, 3.8) is 0 Å². The number of para-hydroxylation sites is 1. The Morgan fingerprint density at radius 2 is 1.11 bits per heavy atom. The molecule has 0 fully saturated rings. The van der Waals surface area contributed by atoms with Crippen molar-refractivity contribution in [3.05, 3.63) is 148 Å². The molecule has 324 valence electrons. The molecular weight excluding hydrogens is 796 g/mol. The maximum atomic E-state index is 6.62. The minimum Gasteiger partial charge on any atom is -0.456 e. The second-order valence-electron chi connectivity index (χ2n) is 22.3. The summed E-state index contributed by atoms with van der Waals surface area (Å²) in [5.41, 5.74) is 23.0. The Balaban J connectivity index is 1.35. The van der Waals surface area contributed by atoms with E-state index in [4.69, 9.17) is 4.42 Å². The van der Waals surface area contributed by atoms with E-state index in [-0.39, 0.29) is 23.0 Å². The Morgan fingerprint density at radius 3 is 1.67 bits per heavy atom. The Hall–Kier alpha value is -5.52. The normalized spacial score (nSPS) is 13.9. The highest BCUT2D eigenvalue weighted by Crippen LogP contribution is 2.52. The summed E-state index contributed by atoms with van der Waals surface area (Å²) in [6.07, 6.45) is 0. The molecule has 0 saturated heterocycles. The van der Waals surface area contributed by atoms with Crippen LogP contribution >= 0.6 is 11.3 Å². The van der Waals surface area contributed by atoms with E-state index in [9.17, 15) is 0 Å². The van der Waals surface area contributed by atoms with Gasteiger partial charge in [-0.25, -0.2) is 0 Å². The first-order valence-electron chi connectivity index (χ1n) is 23.3. The quantitative estimate of drug-likeness (QED) is 0.164. The molecule has 3 nitrogen and oxygen atoms in total. The van der Waals surface area contributed by atoms with Crippen molar-refractivity contribution in [2.24, 2.45) is 0 Å². The lowest BCUT2D eigenvalue weighted by Crippen LogP contribution is -2.60. The zero-order chi connectivity index (χ0) is 45.5. The predicted molar refractivity (Wildman–Crippen MR) is 280 cm³/mol. The molecule has 0 unspecified atom stereocenters. The van der Waals surface area contributed by atoms with Crippen LogP contribution in [0.25, 0.3) is 32.4 Å². The van der Waals surface area contributed by atoms with Gasteiger partial charge >= 0.3 is 0 Å². The number of aryl methyl sites for hydroxylation is 4. The van der Waals surface area contributed by atoms with Crippen molar-refractivity contribution in [3.8, 4) is 11.3 Å². The summed E-state index contributed by atoms with van der Waals surface area (Å²) in [5.74, 6) is 1.19. The van der Waals surface area contributed by atoms with E-state index in [2.05, 4.69) is 217 Å². The van der Waals surface area contributed by atoms with E-state index in [1.807, 2.05) is 11.3 Å². The summed E-state index contributed by atoms with van der Waals surface area (Å²) in [5, 5.41) is 2.45.